The number of hydrogen-bond acceptors (Lipinski definition) is 4. The fourth-order valence-corrected chi connectivity index (χ4v) is 3.29. The topological polar surface area (TPSA) is 52.2 Å². The van der Waals surface area contributed by atoms with Crippen LogP contribution in [0.1, 0.15) is 28.1 Å². The van der Waals surface area contributed by atoms with Gasteiger partial charge in [-0.3, -0.25) is 9.69 Å². The molecule has 0 aromatic carbocycles. The zero-order valence-electron chi connectivity index (χ0n) is 12.2. The van der Waals surface area contributed by atoms with Gasteiger partial charge in [0.15, 0.2) is 0 Å². The first-order chi connectivity index (χ1) is 10.3. The van der Waals surface area contributed by atoms with Crippen LogP contribution in [0.4, 0.5) is 0 Å². The number of aryl methyl sites for hydroxylation is 1. The minimum Gasteiger partial charge on any atom is -0.357 e. The third-order valence-electron chi connectivity index (χ3n) is 3.78. The van der Waals surface area contributed by atoms with Gasteiger partial charge in [-0.2, -0.15) is 0 Å². The zero-order chi connectivity index (χ0) is 14.7. The van der Waals surface area contributed by atoms with Gasteiger partial charge in [-0.25, -0.2) is 4.98 Å². The number of nitrogens with zero attached hydrogens (tertiary/aromatic N) is 3. The molecule has 0 saturated carbocycles. The second-order valence-corrected chi connectivity index (χ2v) is 6.18. The van der Waals surface area contributed by atoms with Crippen LogP contribution in [0.15, 0.2) is 23.7 Å². The van der Waals surface area contributed by atoms with Gasteiger partial charge >= 0.3 is 0 Å². The van der Waals surface area contributed by atoms with Crippen LogP contribution in [0.25, 0.3) is 0 Å². The fourth-order valence-electron chi connectivity index (χ4n) is 2.56. The van der Waals surface area contributed by atoms with Crippen molar-refractivity contribution in [2.45, 2.75) is 19.9 Å². The van der Waals surface area contributed by atoms with Crippen LogP contribution < -0.4 is 0 Å². The van der Waals surface area contributed by atoms with Gasteiger partial charge in [0, 0.05) is 44.3 Å². The van der Waals surface area contributed by atoms with E-state index in [2.05, 4.69) is 27.2 Å². The van der Waals surface area contributed by atoms with Crippen LogP contribution in [0.3, 0.4) is 0 Å². The number of amides is 1. The van der Waals surface area contributed by atoms with Crippen LogP contribution in [-0.4, -0.2) is 51.9 Å². The Bertz CT molecular complexity index is 585. The van der Waals surface area contributed by atoms with E-state index in [1.54, 1.807) is 17.5 Å². The van der Waals surface area contributed by atoms with E-state index in [4.69, 9.17) is 0 Å². The molecule has 0 spiro atoms. The number of carbonyl (C=O) groups is 1. The highest BCUT2D eigenvalue weighted by molar-refractivity contribution is 7.09. The highest BCUT2D eigenvalue weighted by atomic mass is 32.1. The van der Waals surface area contributed by atoms with Gasteiger partial charge in [0.2, 0.25) is 0 Å². The lowest BCUT2D eigenvalue weighted by molar-refractivity contribution is 0.0622. The number of nitrogens with one attached hydrogen (secondary N) is 1. The molecule has 1 saturated heterocycles. The molecule has 1 fully saturated rings. The summed E-state index contributed by atoms with van der Waals surface area (Å²) in [6.45, 7) is 6.40. The summed E-state index contributed by atoms with van der Waals surface area (Å²) in [6.07, 6.45) is 2.79. The summed E-state index contributed by atoms with van der Waals surface area (Å²) in [4.78, 5) is 24.1. The van der Waals surface area contributed by atoms with Gasteiger partial charge in [0.25, 0.3) is 5.91 Å². The largest absolute Gasteiger partial charge is 0.357 e. The average molecular weight is 304 g/mol. The maximum absolute atomic E-state index is 12.2. The normalized spacial score (nSPS) is 16.3. The highest BCUT2D eigenvalue weighted by Crippen LogP contribution is 2.14. The SMILES string of the molecule is CCc1nc(CN2CCN(C(=O)c3ccc[nH]3)CC2)cs1. The van der Waals surface area contributed by atoms with E-state index >= 15 is 0 Å². The third-order valence-corrected chi connectivity index (χ3v) is 4.82. The Morgan fingerprint density at radius 2 is 2.19 bits per heavy atom. The molecule has 1 amide bonds. The summed E-state index contributed by atoms with van der Waals surface area (Å²) in [6, 6.07) is 3.69. The molecule has 1 aliphatic heterocycles. The lowest BCUT2D eigenvalue weighted by Gasteiger charge is -2.34. The van der Waals surface area contributed by atoms with Crippen LogP contribution in [0.5, 0.6) is 0 Å². The summed E-state index contributed by atoms with van der Waals surface area (Å²) in [5, 5.41) is 3.35. The summed E-state index contributed by atoms with van der Waals surface area (Å²) < 4.78 is 0. The molecule has 112 valence electrons. The third kappa shape index (κ3) is 3.33. The van der Waals surface area contributed by atoms with Crippen molar-refractivity contribution in [3.05, 3.63) is 40.1 Å². The highest BCUT2D eigenvalue weighted by Gasteiger charge is 2.22. The van der Waals surface area contributed by atoms with E-state index in [1.165, 1.54) is 5.01 Å². The predicted octanol–water partition coefficient (Wildman–Crippen LogP) is 1.99. The van der Waals surface area contributed by atoms with Crippen molar-refractivity contribution < 1.29 is 4.79 Å². The van der Waals surface area contributed by atoms with Gasteiger partial charge in [0.05, 0.1) is 10.7 Å². The van der Waals surface area contributed by atoms with Crippen molar-refractivity contribution in [2.24, 2.45) is 0 Å². The quantitative estimate of drug-likeness (QED) is 0.940. The minimum atomic E-state index is 0.0987. The molecule has 0 bridgehead atoms. The minimum absolute atomic E-state index is 0.0987. The summed E-state index contributed by atoms with van der Waals surface area (Å²) >= 11 is 1.74. The van der Waals surface area contributed by atoms with E-state index in [0.29, 0.717) is 5.69 Å². The Labute approximate surface area is 128 Å². The molecule has 6 heteroatoms. The summed E-state index contributed by atoms with van der Waals surface area (Å²) in [5.74, 6) is 0.0987. The molecule has 3 heterocycles. The summed E-state index contributed by atoms with van der Waals surface area (Å²) in [5.41, 5.74) is 1.83. The van der Waals surface area contributed by atoms with Crippen molar-refractivity contribution in [3.63, 3.8) is 0 Å². The molecule has 1 N–H and O–H groups in total. The Morgan fingerprint density at radius 3 is 2.81 bits per heavy atom. The van der Waals surface area contributed by atoms with Crippen LogP contribution in [0, 0.1) is 0 Å². The number of aromatic amines is 1. The van der Waals surface area contributed by atoms with Gasteiger partial charge in [0.1, 0.15) is 5.69 Å². The average Bonchev–Trinajstić information content (AvgIpc) is 3.19. The fraction of sp³-hybridized carbons (Fsp3) is 0.467. The molecule has 2 aromatic heterocycles. The maximum atomic E-state index is 12.2. The molecular formula is C15H20N4OS. The number of carbonyl (C=O) groups excluding carboxylic acids is 1. The molecule has 0 unspecified atom stereocenters. The first-order valence-electron chi connectivity index (χ1n) is 7.34. The Balaban J connectivity index is 1.52. The monoisotopic (exact) mass is 304 g/mol. The summed E-state index contributed by atoms with van der Waals surface area (Å²) in [7, 11) is 0. The maximum Gasteiger partial charge on any atom is 0.270 e. The van der Waals surface area contributed by atoms with E-state index in [1.807, 2.05) is 17.0 Å². The molecule has 0 atom stereocenters. The predicted molar refractivity (Wildman–Crippen MR) is 83.5 cm³/mol. The van der Waals surface area contributed by atoms with Crippen molar-refractivity contribution in [1.29, 1.82) is 0 Å². The van der Waals surface area contributed by atoms with E-state index in [-0.39, 0.29) is 5.91 Å². The Kier molecular flexibility index (Phi) is 4.36. The Morgan fingerprint density at radius 1 is 1.38 bits per heavy atom. The van der Waals surface area contributed by atoms with Gasteiger partial charge < -0.3 is 9.88 Å². The van der Waals surface area contributed by atoms with Gasteiger partial charge in [-0.1, -0.05) is 6.92 Å². The smallest absolute Gasteiger partial charge is 0.270 e. The van der Waals surface area contributed by atoms with Crippen molar-refractivity contribution in [3.8, 4) is 0 Å². The van der Waals surface area contributed by atoms with Crippen molar-refractivity contribution in [2.75, 3.05) is 26.2 Å². The van der Waals surface area contributed by atoms with Crippen LogP contribution in [0.2, 0.25) is 0 Å². The number of thiazole rings is 1. The van der Waals surface area contributed by atoms with Crippen LogP contribution >= 0.6 is 11.3 Å². The van der Waals surface area contributed by atoms with E-state index in [0.717, 1.165) is 44.8 Å². The molecule has 0 radical (unpaired) electrons. The molecule has 21 heavy (non-hydrogen) atoms. The van der Waals surface area contributed by atoms with Crippen molar-refractivity contribution >= 4 is 17.2 Å². The lowest BCUT2D eigenvalue weighted by atomic mass is 10.2. The van der Waals surface area contributed by atoms with E-state index < -0.39 is 0 Å². The van der Waals surface area contributed by atoms with Crippen LogP contribution in [-0.2, 0) is 13.0 Å². The van der Waals surface area contributed by atoms with E-state index in [9.17, 15) is 4.79 Å². The van der Waals surface area contributed by atoms with Crippen molar-refractivity contribution in [1.82, 2.24) is 19.8 Å². The first-order valence-corrected chi connectivity index (χ1v) is 8.22. The van der Waals surface area contributed by atoms with Gasteiger partial charge in [-0.05, 0) is 18.6 Å². The lowest BCUT2D eigenvalue weighted by Crippen LogP contribution is -2.48. The molecule has 2 aromatic rings. The molecule has 1 aliphatic rings. The number of piperazine rings is 1. The zero-order valence-corrected chi connectivity index (χ0v) is 13.0. The second kappa shape index (κ2) is 6.41. The molecule has 3 rings (SSSR count). The number of H-pyrrole nitrogens is 1. The molecular weight excluding hydrogens is 284 g/mol. The standard InChI is InChI=1S/C15H20N4OS/c1-2-14-17-12(11-21-14)10-18-6-8-19(9-7-18)15(20)13-4-3-5-16-13/h3-5,11,16H,2,6-10H2,1H3. The number of hydrogen-bond donors (Lipinski definition) is 1. The van der Waals surface area contributed by atoms with Gasteiger partial charge in [-0.15, -0.1) is 11.3 Å². The number of aromatic nitrogens is 2. The first kappa shape index (κ1) is 14.3. The Hall–Kier alpha value is -1.66. The molecule has 5 nitrogen and oxygen atoms in total. The second-order valence-electron chi connectivity index (χ2n) is 5.24. The molecule has 0 aliphatic carbocycles. The number of rotatable bonds is 4.